The van der Waals surface area contributed by atoms with E-state index in [1.165, 1.54) is 23.1 Å². The molecule has 1 saturated heterocycles. The monoisotopic (exact) mass is 622 g/mol. The first kappa shape index (κ1) is 30.7. The average molecular weight is 623 g/mol. The minimum atomic E-state index is -1.45. The summed E-state index contributed by atoms with van der Waals surface area (Å²) in [5.74, 6) is -2.25. The molecule has 0 aliphatic carbocycles. The number of nitrogens with zero attached hydrogens (tertiary/aromatic N) is 4. The summed E-state index contributed by atoms with van der Waals surface area (Å²) < 4.78 is 40.8. The van der Waals surface area contributed by atoms with Gasteiger partial charge in [-0.15, -0.1) is 5.10 Å². The van der Waals surface area contributed by atoms with E-state index in [0.29, 0.717) is 11.3 Å². The van der Waals surface area contributed by atoms with Gasteiger partial charge in [0.25, 0.3) is 0 Å². The SMILES string of the molecule is COc1ccc(-c2nn3c(=S)n([C@@H]4O[C@H](COC(C)=O)[C@H](OC(C)=O)[C@H](OC(C)=O)[C@H]4OC(C)=O)c(=S)nc3o2)cc1. The zero-order valence-electron chi connectivity index (χ0n) is 23.0. The smallest absolute Gasteiger partial charge is 0.330 e. The van der Waals surface area contributed by atoms with Crippen molar-refractivity contribution in [2.24, 2.45) is 0 Å². The van der Waals surface area contributed by atoms with E-state index >= 15 is 0 Å². The fourth-order valence-electron chi connectivity index (χ4n) is 4.28. The molecule has 0 amide bonds. The molecule has 0 bridgehead atoms. The van der Waals surface area contributed by atoms with Crippen LogP contribution in [0.2, 0.25) is 0 Å². The number of hydrogen-bond acceptors (Lipinski definition) is 15. The molecule has 0 spiro atoms. The maximum atomic E-state index is 12.2. The van der Waals surface area contributed by atoms with Gasteiger partial charge in [0.1, 0.15) is 18.5 Å². The predicted molar refractivity (Wildman–Crippen MR) is 144 cm³/mol. The Hall–Kier alpha value is -4.22. The molecule has 42 heavy (non-hydrogen) atoms. The second-order valence-electron chi connectivity index (χ2n) is 8.97. The van der Waals surface area contributed by atoms with Crippen molar-refractivity contribution in [2.75, 3.05) is 13.7 Å². The second kappa shape index (κ2) is 12.7. The lowest BCUT2D eigenvalue weighted by molar-refractivity contribution is -0.269. The first-order valence-corrected chi connectivity index (χ1v) is 13.2. The molecule has 1 aliphatic heterocycles. The Morgan fingerprint density at radius 1 is 0.881 bits per heavy atom. The minimum Gasteiger partial charge on any atom is -0.497 e. The second-order valence-corrected chi connectivity index (χ2v) is 9.70. The van der Waals surface area contributed by atoms with Gasteiger partial charge in [-0.1, -0.05) is 0 Å². The van der Waals surface area contributed by atoms with Gasteiger partial charge in [0.05, 0.1) is 7.11 Å². The summed E-state index contributed by atoms with van der Waals surface area (Å²) in [6.07, 6.45) is -6.87. The lowest BCUT2D eigenvalue weighted by Gasteiger charge is -2.44. The molecule has 0 unspecified atom stereocenters. The molecule has 2 aromatic heterocycles. The van der Waals surface area contributed by atoms with E-state index < -0.39 is 61.1 Å². The van der Waals surface area contributed by atoms with Crippen LogP contribution in [0, 0.1) is 9.54 Å². The maximum Gasteiger partial charge on any atom is 0.330 e. The molecule has 3 aromatic rings. The minimum absolute atomic E-state index is 0.0438. The molecule has 5 atom stereocenters. The van der Waals surface area contributed by atoms with Gasteiger partial charge < -0.3 is 32.8 Å². The van der Waals surface area contributed by atoms with Gasteiger partial charge >= 0.3 is 29.7 Å². The number of ether oxygens (including phenoxy) is 6. The Kier molecular flexibility index (Phi) is 9.33. The maximum absolute atomic E-state index is 12.2. The summed E-state index contributed by atoms with van der Waals surface area (Å²) in [5, 5.41) is 4.41. The molecule has 17 heteroatoms. The van der Waals surface area contributed by atoms with Crippen LogP contribution in [0.4, 0.5) is 0 Å². The molecule has 1 aromatic carbocycles. The Morgan fingerprint density at radius 3 is 2.05 bits per heavy atom. The molecule has 0 N–H and O–H groups in total. The van der Waals surface area contributed by atoms with Crippen LogP contribution in [-0.2, 0) is 42.9 Å². The highest BCUT2D eigenvalue weighted by molar-refractivity contribution is 7.72. The highest BCUT2D eigenvalue weighted by Crippen LogP contribution is 2.35. The standard InChI is InChI=1S/C25H26N4O11S2/c1-11(30)35-10-17-18(36-12(2)31)19(37-13(3)32)20(38-14(4)33)22(39-17)28-24(41)26-23-29(25(28)42)27-21(40-23)15-6-8-16(34-5)9-7-15/h6-9,17-20,22H,10H2,1-5H3/t17-,18+,19+,20-,22-/m1/s1. The van der Waals surface area contributed by atoms with Crippen molar-refractivity contribution in [2.45, 2.75) is 58.3 Å². The van der Waals surface area contributed by atoms with Gasteiger partial charge in [-0.3, -0.25) is 23.7 Å². The van der Waals surface area contributed by atoms with E-state index in [4.69, 9.17) is 57.3 Å². The zero-order chi connectivity index (χ0) is 30.7. The summed E-state index contributed by atoms with van der Waals surface area (Å²) in [7, 11) is 1.54. The van der Waals surface area contributed by atoms with Crippen molar-refractivity contribution in [3.05, 3.63) is 33.8 Å². The average Bonchev–Trinajstić information content (AvgIpc) is 3.34. The summed E-state index contributed by atoms with van der Waals surface area (Å²) in [6.45, 7) is 4.10. The number of esters is 4. The van der Waals surface area contributed by atoms with Gasteiger partial charge in [-0.05, 0) is 48.7 Å². The van der Waals surface area contributed by atoms with Gasteiger partial charge in [0, 0.05) is 33.3 Å². The van der Waals surface area contributed by atoms with Crippen molar-refractivity contribution in [3.8, 4) is 17.2 Å². The van der Waals surface area contributed by atoms with Crippen molar-refractivity contribution in [1.82, 2.24) is 19.2 Å². The number of aromatic nitrogens is 4. The molecule has 1 aliphatic rings. The molecule has 1 fully saturated rings. The van der Waals surface area contributed by atoms with Gasteiger partial charge in [-0.25, -0.2) is 0 Å². The van der Waals surface area contributed by atoms with Crippen LogP contribution in [0.1, 0.15) is 33.9 Å². The third-order valence-corrected chi connectivity index (χ3v) is 6.56. The number of fused-ring (bicyclic) bond motifs is 1. The normalized spacial score (nSPS) is 21.8. The summed E-state index contributed by atoms with van der Waals surface area (Å²) >= 11 is 11.2. The third kappa shape index (κ3) is 6.63. The molecular weight excluding hydrogens is 596 g/mol. The molecule has 15 nitrogen and oxygen atoms in total. The third-order valence-electron chi connectivity index (χ3n) is 5.90. The van der Waals surface area contributed by atoms with Crippen LogP contribution in [-0.4, -0.2) is 81.2 Å². The number of carbonyl (C=O) groups excluding carboxylic acids is 4. The number of hydrogen-bond donors (Lipinski definition) is 0. The Balaban J connectivity index is 1.87. The fraction of sp³-hybridized carbons (Fsp3) is 0.440. The zero-order valence-corrected chi connectivity index (χ0v) is 24.6. The number of carbonyl (C=O) groups is 4. The molecule has 0 saturated carbocycles. The Bertz CT molecular complexity index is 1630. The lowest BCUT2D eigenvalue weighted by Crippen LogP contribution is -2.60. The van der Waals surface area contributed by atoms with Crippen molar-refractivity contribution in [3.63, 3.8) is 0 Å². The van der Waals surface area contributed by atoms with Crippen LogP contribution in [0.5, 0.6) is 5.75 Å². The van der Waals surface area contributed by atoms with Crippen LogP contribution >= 0.6 is 24.4 Å². The molecule has 224 valence electrons. The van der Waals surface area contributed by atoms with Crippen molar-refractivity contribution >= 4 is 54.2 Å². The van der Waals surface area contributed by atoms with Gasteiger partial charge in [-0.2, -0.15) is 9.50 Å². The van der Waals surface area contributed by atoms with E-state index in [1.807, 2.05) is 0 Å². The Labute approximate surface area is 248 Å². The van der Waals surface area contributed by atoms with Crippen molar-refractivity contribution in [1.29, 1.82) is 0 Å². The van der Waals surface area contributed by atoms with Crippen molar-refractivity contribution < 1.29 is 52.0 Å². The van der Waals surface area contributed by atoms with E-state index in [9.17, 15) is 19.2 Å². The van der Waals surface area contributed by atoms with E-state index in [1.54, 1.807) is 24.3 Å². The Morgan fingerprint density at radius 2 is 1.48 bits per heavy atom. The molecule has 3 heterocycles. The van der Waals surface area contributed by atoms with Crippen LogP contribution in [0.3, 0.4) is 0 Å². The number of rotatable bonds is 8. The fourth-order valence-corrected chi connectivity index (χ4v) is 4.91. The molecule has 4 rings (SSSR count). The number of methoxy groups -OCH3 is 1. The summed E-state index contributed by atoms with van der Waals surface area (Å²) in [5.41, 5.74) is 0.584. The van der Waals surface area contributed by atoms with Gasteiger partial charge in [0.15, 0.2) is 24.5 Å². The topological polar surface area (TPSA) is 172 Å². The summed E-state index contributed by atoms with van der Waals surface area (Å²) in [6, 6.07) is 6.87. The number of benzene rings is 1. The highest BCUT2D eigenvalue weighted by atomic mass is 32.1. The van der Waals surface area contributed by atoms with Crippen LogP contribution in [0.15, 0.2) is 28.7 Å². The predicted octanol–water partition coefficient (Wildman–Crippen LogP) is 2.51. The van der Waals surface area contributed by atoms with Gasteiger partial charge in [0.2, 0.25) is 15.4 Å². The van der Waals surface area contributed by atoms with E-state index in [0.717, 1.165) is 20.8 Å². The largest absolute Gasteiger partial charge is 0.497 e. The highest BCUT2D eigenvalue weighted by Gasteiger charge is 2.53. The summed E-state index contributed by atoms with van der Waals surface area (Å²) in [4.78, 5) is 52.3. The van der Waals surface area contributed by atoms with E-state index in [2.05, 4.69) is 10.1 Å². The van der Waals surface area contributed by atoms with Crippen LogP contribution < -0.4 is 4.74 Å². The molecular formula is C25H26N4O11S2. The van der Waals surface area contributed by atoms with Crippen LogP contribution in [0.25, 0.3) is 17.3 Å². The first-order valence-electron chi connectivity index (χ1n) is 12.4. The lowest BCUT2D eigenvalue weighted by atomic mass is 9.97. The van der Waals surface area contributed by atoms with E-state index in [-0.39, 0.29) is 21.3 Å². The molecule has 0 radical (unpaired) electrons. The first-order chi connectivity index (χ1) is 19.9. The quantitative estimate of drug-likeness (QED) is 0.204.